The molecule has 1 amide bonds. The molecule has 36 heavy (non-hydrogen) atoms. The Morgan fingerprint density at radius 1 is 1.00 bits per heavy atom. The molecule has 0 aliphatic rings. The van der Waals surface area contributed by atoms with Crippen LogP contribution in [0.2, 0.25) is 0 Å². The molecule has 0 aliphatic heterocycles. The Balaban J connectivity index is 1.96. The molecule has 0 saturated carbocycles. The summed E-state index contributed by atoms with van der Waals surface area (Å²) in [6, 6.07) is 15.9. The van der Waals surface area contributed by atoms with Gasteiger partial charge in [-0.05, 0) is 68.3 Å². The maximum Gasteiger partial charge on any atom is 0.318 e. The Kier molecular flexibility index (Phi) is 8.34. The van der Waals surface area contributed by atoms with Gasteiger partial charge in [0.1, 0.15) is 17.3 Å². The van der Waals surface area contributed by atoms with Crippen molar-refractivity contribution in [3.8, 4) is 16.9 Å². The summed E-state index contributed by atoms with van der Waals surface area (Å²) in [6.07, 6.45) is -0.157. The van der Waals surface area contributed by atoms with Gasteiger partial charge in [-0.2, -0.15) is 13.5 Å². The highest BCUT2D eigenvalue weighted by atomic mass is 32.2. The highest BCUT2D eigenvalue weighted by Gasteiger charge is 2.29. The van der Waals surface area contributed by atoms with E-state index >= 15 is 0 Å². The molecule has 0 atom stereocenters. The van der Waals surface area contributed by atoms with E-state index < -0.39 is 27.4 Å². The molecule has 0 heterocycles. The second-order valence-electron chi connectivity index (χ2n) is 8.89. The normalized spacial score (nSPS) is 11.8. The van der Waals surface area contributed by atoms with Crippen molar-refractivity contribution >= 4 is 27.4 Å². The van der Waals surface area contributed by atoms with Gasteiger partial charge in [-0.3, -0.25) is 4.79 Å². The maximum atomic E-state index is 13.3. The predicted molar refractivity (Wildman–Crippen MR) is 135 cm³/mol. The van der Waals surface area contributed by atoms with Gasteiger partial charge in [0.15, 0.2) is 0 Å². The Morgan fingerprint density at radius 3 is 2.33 bits per heavy atom. The van der Waals surface area contributed by atoms with Crippen LogP contribution < -0.4 is 15.5 Å². The molecular formula is C26H29FN2O6S. The van der Waals surface area contributed by atoms with Gasteiger partial charge < -0.3 is 15.2 Å². The number of hydrogen-bond donors (Lipinski definition) is 1. The minimum atomic E-state index is -4.48. The standard InChI is InChI=1S/C26H29FN2O6S/c1-26(2,3)34-15-14-25(30)29(23-13-12-21(28)17-24(23)33-4)35-36(31,32)22-7-5-6-19(16-22)18-8-10-20(27)11-9-18/h5-13,16-17H,14-15,28H2,1-4H3. The van der Waals surface area contributed by atoms with Gasteiger partial charge in [0.2, 0.25) is 0 Å². The highest BCUT2D eigenvalue weighted by Crippen LogP contribution is 2.33. The van der Waals surface area contributed by atoms with E-state index in [4.69, 9.17) is 19.5 Å². The van der Waals surface area contributed by atoms with Crippen molar-refractivity contribution in [2.24, 2.45) is 0 Å². The molecule has 2 N–H and O–H groups in total. The Bertz CT molecular complexity index is 1320. The largest absolute Gasteiger partial charge is 0.494 e. The van der Waals surface area contributed by atoms with Crippen molar-refractivity contribution in [1.29, 1.82) is 0 Å². The number of nitrogens with two attached hydrogens (primary N) is 1. The number of nitrogens with zero attached hydrogens (tertiary/aromatic N) is 1. The predicted octanol–water partition coefficient (Wildman–Crippen LogP) is 4.94. The molecule has 0 aromatic heterocycles. The summed E-state index contributed by atoms with van der Waals surface area (Å²) in [5.74, 6) is -0.927. The summed E-state index contributed by atoms with van der Waals surface area (Å²) in [6.45, 7) is 5.56. The van der Waals surface area contributed by atoms with E-state index in [9.17, 15) is 17.6 Å². The van der Waals surface area contributed by atoms with E-state index in [2.05, 4.69) is 0 Å². The number of carbonyl (C=O) groups excluding carboxylic acids is 1. The van der Waals surface area contributed by atoms with Crippen LogP contribution in [0.3, 0.4) is 0 Å². The fourth-order valence-electron chi connectivity index (χ4n) is 3.24. The van der Waals surface area contributed by atoms with E-state index in [1.165, 1.54) is 67.8 Å². The number of hydrogen-bond acceptors (Lipinski definition) is 7. The molecule has 10 heteroatoms. The second kappa shape index (κ2) is 11.1. The Morgan fingerprint density at radius 2 is 1.69 bits per heavy atom. The second-order valence-corrected chi connectivity index (χ2v) is 10.4. The van der Waals surface area contributed by atoms with Crippen LogP contribution in [0.25, 0.3) is 11.1 Å². The van der Waals surface area contributed by atoms with Crippen molar-refractivity contribution in [2.75, 3.05) is 24.5 Å². The number of carbonyl (C=O) groups is 1. The fourth-order valence-corrected chi connectivity index (χ4v) is 4.20. The SMILES string of the molecule is COc1cc(N)ccc1N(OS(=O)(=O)c1cccc(-c2ccc(F)cc2)c1)C(=O)CCOC(C)(C)C. The van der Waals surface area contributed by atoms with Crippen LogP contribution in [-0.4, -0.2) is 33.6 Å². The number of anilines is 2. The molecule has 3 rings (SSSR count). The number of rotatable bonds is 9. The number of methoxy groups -OCH3 is 1. The molecule has 0 aliphatic carbocycles. The first-order chi connectivity index (χ1) is 16.9. The van der Waals surface area contributed by atoms with Gasteiger partial charge in [0, 0.05) is 11.8 Å². The summed E-state index contributed by atoms with van der Waals surface area (Å²) in [5.41, 5.74) is 6.89. The Hall–Kier alpha value is -3.47. The monoisotopic (exact) mass is 516 g/mol. The van der Waals surface area contributed by atoms with Crippen LogP contribution in [0.1, 0.15) is 27.2 Å². The number of amides is 1. The fraction of sp³-hybridized carbons (Fsp3) is 0.269. The summed E-state index contributed by atoms with van der Waals surface area (Å²) >= 11 is 0. The van der Waals surface area contributed by atoms with Crippen molar-refractivity contribution < 1.29 is 31.4 Å². The minimum absolute atomic E-state index is 0.0413. The average Bonchev–Trinajstić information content (AvgIpc) is 2.82. The van der Waals surface area contributed by atoms with Crippen molar-refractivity contribution in [2.45, 2.75) is 37.7 Å². The van der Waals surface area contributed by atoms with Crippen LogP contribution in [0.15, 0.2) is 71.6 Å². The molecule has 192 valence electrons. The van der Waals surface area contributed by atoms with Crippen LogP contribution >= 0.6 is 0 Å². The smallest absolute Gasteiger partial charge is 0.318 e. The molecule has 0 unspecified atom stereocenters. The third-order valence-electron chi connectivity index (χ3n) is 4.97. The van der Waals surface area contributed by atoms with Gasteiger partial charge in [-0.25, -0.2) is 4.39 Å². The van der Waals surface area contributed by atoms with Crippen LogP contribution in [-0.2, 0) is 23.9 Å². The molecule has 0 fully saturated rings. The summed E-state index contributed by atoms with van der Waals surface area (Å²) < 4.78 is 56.2. The van der Waals surface area contributed by atoms with E-state index in [1.807, 2.05) is 20.8 Å². The number of benzene rings is 3. The van der Waals surface area contributed by atoms with Gasteiger partial charge in [0.05, 0.1) is 30.6 Å². The molecular weight excluding hydrogens is 487 g/mol. The Labute approximate surface area is 210 Å². The topological polar surface area (TPSA) is 108 Å². The quantitative estimate of drug-likeness (QED) is 0.317. The average molecular weight is 517 g/mol. The van der Waals surface area contributed by atoms with E-state index in [-0.39, 0.29) is 29.4 Å². The van der Waals surface area contributed by atoms with Gasteiger partial charge in [-0.1, -0.05) is 24.3 Å². The lowest BCUT2D eigenvalue weighted by atomic mass is 10.1. The third kappa shape index (κ3) is 7.03. The lowest BCUT2D eigenvalue weighted by molar-refractivity contribution is -0.124. The molecule has 3 aromatic rings. The van der Waals surface area contributed by atoms with E-state index in [0.717, 1.165) is 0 Å². The molecule has 0 radical (unpaired) electrons. The number of nitrogen functional groups attached to an aromatic ring is 1. The van der Waals surface area contributed by atoms with Crippen LogP contribution in [0.4, 0.5) is 15.8 Å². The summed E-state index contributed by atoms with van der Waals surface area (Å²) in [5, 5.41) is 0.671. The summed E-state index contributed by atoms with van der Waals surface area (Å²) in [7, 11) is -3.11. The van der Waals surface area contributed by atoms with Crippen LogP contribution in [0, 0.1) is 5.82 Å². The highest BCUT2D eigenvalue weighted by molar-refractivity contribution is 7.86. The zero-order chi connectivity index (χ0) is 26.5. The van der Waals surface area contributed by atoms with Crippen molar-refractivity contribution in [1.82, 2.24) is 0 Å². The zero-order valence-electron chi connectivity index (χ0n) is 20.5. The van der Waals surface area contributed by atoms with E-state index in [1.54, 1.807) is 6.07 Å². The number of hydroxylamine groups is 1. The van der Waals surface area contributed by atoms with Gasteiger partial charge >= 0.3 is 10.1 Å². The molecule has 0 spiro atoms. The molecule has 0 bridgehead atoms. The first-order valence-corrected chi connectivity index (χ1v) is 12.5. The molecule has 8 nitrogen and oxygen atoms in total. The first-order valence-electron chi connectivity index (χ1n) is 11.1. The van der Waals surface area contributed by atoms with Crippen molar-refractivity contribution in [3.05, 3.63) is 72.5 Å². The lowest BCUT2D eigenvalue weighted by Gasteiger charge is -2.24. The number of halogens is 1. The van der Waals surface area contributed by atoms with E-state index in [0.29, 0.717) is 21.9 Å². The minimum Gasteiger partial charge on any atom is -0.494 e. The zero-order valence-corrected chi connectivity index (χ0v) is 21.3. The molecule has 0 saturated heterocycles. The first kappa shape index (κ1) is 27.1. The summed E-state index contributed by atoms with van der Waals surface area (Å²) in [4.78, 5) is 13.0. The lowest BCUT2D eigenvalue weighted by Crippen LogP contribution is -2.35. The third-order valence-corrected chi connectivity index (χ3v) is 6.15. The maximum absolute atomic E-state index is 13.3. The van der Waals surface area contributed by atoms with Crippen LogP contribution in [0.5, 0.6) is 5.75 Å². The van der Waals surface area contributed by atoms with Crippen molar-refractivity contribution in [3.63, 3.8) is 0 Å². The van der Waals surface area contributed by atoms with Gasteiger partial charge in [-0.15, -0.1) is 4.28 Å². The van der Waals surface area contributed by atoms with Gasteiger partial charge in [0.25, 0.3) is 5.91 Å². The number of ether oxygens (including phenoxy) is 2. The molecule has 3 aromatic carbocycles.